The van der Waals surface area contributed by atoms with Crippen LogP contribution in [0.3, 0.4) is 0 Å². The third kappa shape index (κ3) is 3.76. The highest BCUT2D eigenvalue weighted by atomic mass is 16.5. The number of aliphatic hydroxyl groups excluding tert-OH is 1. The number of para-hydroxylation sites is 1. The normalized spacial score (nSPS) is 10.9. The van der Waals surface area contributed by atoms with Gasteiger partial charge in [-0.2, -0.15) is 5.10 Å². The average molecular weight is 331 g/mol. The molecule has 0 bridgehead atoms. The van der Waals surface area contributed by atoms with Crippen LogP contribution in [0.5, 0.6) is 5.75 Å². The summed E-state index contributed by atoms with van der Waals surface area (Å²) in [4.78, 5) is 14.5. The summed E-state index contributed by atoms with van der Waals surface area (Å²) in [6.45, 7) is 6.46. The van der Waals surface area contributed by atoms with Gasteiger partial charge in [-0.05, 0) is 26.8 Å². The van der Waals surface area contributed by atoms with Gasteiger partial charge in [-0.15, -0.1) is 0 Å². The van der Waals surface area contributed by atoms with Crippen molar-refractivity contribution in [1.82, 2.24) is 14.7 Å². The lowest BCUT2D eigenvalue weighted by Crippen LogP contribution is -2.33. The lowest BCUT2D eigenvalue weighted by molar-refractivity contribution is 0.0705. The van der Waals surface area contributed by atoms with E-state index in [0.717, 1.165) is 17.0 Å². The van der Waals surface area contributed by atoms with Crippen molar-refractivity contribution in [2.75, 3.05) is 20.3 Å². The molecule has 0 aliphatic heterocycles. The Kier molecular flexibility index (Phi) is 5.98. The van der Waals surface area contributed by atoms with Gasteiger partial charge in [0.25, 0.3) is 5.91 Å². The standard InChI is InChI=1S/C18H25N3O3/c1-13(2)21-14(3)16(11-19-21)18(23)20(9-10-22)12-15-7-5-6-8-17(15)24-4/h5-8,11,13,22H,9-10,12H2,1-4H3. The third-order valence-corrected chi connectivity index (χ3v) is 3.98. The number of aromatic nitrogens is 2. The number of benzene rings is 1. The first-order valence-electron chi connectivity index (χ1n) is 8.05. The molecule has 1 aromatic carbocycles. The summed E-state index contributed by atoms with van der Waals surface area (Å²) >= 11 is 0. The molecule has 0 saturated carbocycles. The van der Waals surface area contributed by atoms with Crippen LogP contribution in [0.1, 0.15) is 41.5 Å². The fourth-order valence-corrected chi connectivity index (χ4v) is 2.74. The molecule has 0 spiro atoms. The van der Waals surface area contributed by atoms with Gasteiger partial charge in [0.15, 0.2) is 0 Å². The minimum atomic E-state index is -0.139. The summed E-state index contributed by atoms with van der Waals surface area (Å²) in [7, 11) is 1.61. The Hall–Kier alpha value is -2.34. The summed E-state index contributed by atoms with van der Waals surface area (Å²) in [6.07, 6.45) is 1.60. The largest absolute Gasteiger partial charge is 0.496 e. The second-order valence-electron chi connectivity index (χ2n) is 5.94. The molecule has 6 nitrogen and oxygen atoms in total. The van der Waals surface area contributed by atoms with Crippen LogP contribution in [-0.2, 0) is 6.54 Å². The van der Waals surface area contributed by atoms with Gasteiger partial charge in [-0.3, -0.25) is 9.48 Å². The molecule has 0 aliphatic carbocycles. The van der Waals surface area contributed by atoms with Gasteiger partial charge in [0, 0.05) is 30.4 Å². The van der Waals surface area contributed by atoms with E-state index in [1.165, 1.54) is 0 Å². The van der Waals surface area contributed by atoms with Crippen LogP contribution in [0.25, 0.3) is 0 Å². The lowest BCUT2D eigenvalue weighted by atomic mass is 10.1. The van der Waals surface area contributed by atoms with E-state index < -0.39 is 0 Å². The molecule has 130 valence electrons. The zero-order chi connectivity index (χ0) is 17.7. The van der Waals surface area contributed by atoms with E-state index in [0.29, 0.717) is 12.1 Å². The second-order valence-corrected chi connectivity index (χ2v) is 5.94. The average Bonchev–Trinajstić information content (AvgIpc) is 2.96. The molecule has 0 atom stereocenters. The number of carbonyl (C=O) groups excluding carboxylic acids is 1. The molecule has 24 heavy (non-hydrogen) atoms. The fraction of sp³-hybridized carbons (Fsp3) is 0.444. The van der Waals surface area contributed by atoms with Crippen molar-refractivity contribution in [3.8, 4) is 5.75 Å². The van der Waals surface area contributed by atoms with Crippen molar-refractivity contribution in [1.29, 1.82) is 0 Å². The Morgan fingerprint density at radius 3 is 2.67 bits per heavy atom. The molecule has 0 unspecified atom stereocenters. The Labute approximate surface area is 142 Å². The molecule has 1 amide bonds. The Morgan fingerprint density at radius 2 is 2.08 bits per heavy atom. The van der Waals surface area contributed by atoms with Crippen molar-refractivity contribution in [3.63, 3.8) is 0 Å². The van der Waals surface area contributed by atoms with Gasteiger partial charge in [-0.1, -0.05) is 18.2 Å². The van der Waals surface area contributed by atoms with Crippen LogP contribution in [0.4, 0.5) is 0 Å². The van der Waals surface area contributed by atoms with E-state index in [-0.39, 0.29) is 25.1 Å². The molecule has 2 aromatic rings. The van der Waals surface area contributed by atoms with Crippen molar-refractivity contribution >= 4 is 5.91 Å². The fourth-order valence-electron chi connectivity index (χ4n) is 2.74. The van der Waals surface area contributed by atoms with Crippen LogP contribution >= 0.6 is 0 Å². The summed E-state index contributed by atoms with van der Waals surface area (Å²) in [5, 5.41) is 13.7. The highest BCUT2D eigenvalue weighted by Crippen LogP contribution is 2.21. The maximum Gasteiger partial charge on any atom is 0.257 e. The highest BCUT2D eigenvalue weighted by molar-refractivity contribution is 5.95. The van der Waals surface area contributed by atoms with Gasteiger partial charge >= 0.3 is 0 Å². The first-order valence-corrected chi connectivity index (χ1v) is 8.05. The van der Waals surface area contributed by atoms with E-state index in [9.17, 15) is 9.90 Å². The van der Waals surface area contributed by atoms with Crippen molar-refractivity contribution in [3.05, 3.63) is 47.3 Å². The zero-order valence-electron chi connectivity index (χ0n) is 14.7. The Bertz CT molecular complexity index is 695. The molecule has 1 N–H and O–H groups in total. The number of ether oxygens (including phenoxy) is 1. The quantitative estimate of drug-likeness (QED) is 0.846. The second kappa shape index (κ2) is 7.97. The predicted molar refractivity (Wildman–Crippen MR) is 92.2 cm³/mol. The van der Waals surface area contributed by atoms with Crippen LogP contribution < -0.4 is 4.74 Å². The minimum Gasteiger partial charge on any atom is -0.496 e. The number of nitrogens with zero attached hydrogens (tertiary/aromatic N) is 3. The van der Waals surface area contributed by atoms with E-state index in [1.54, 1.807) is 18.2 Å². The lowest BCUT2D eigenvalue weighted by Gasteiger charge is -2.23. The molecular weight excluding hydrogens is 306 g/mol. The van der Waals surface area contributed by atoms with E-state index in [2.05, 4.69) is 5.10 Å². The Balaban J connectivity index is 2.28. The number of amides is 1. The number of hydrogen-bond acceptors (Lipinski definition) is 4. The molecule has 6 heteroatoms. The van der Waals surface area contributed by atoms with Crippen molar-refractivity contribution < 1.29 is 14.6 Å². The molecule has 0 fully saturated rings. The van der Waals surface area contributed by atoms with E-state index in [1.807, 2.05) is 49.7 Å². The van der Waals surface area contributed by atoms with Crippen LogP contribution in [0.15, 0.2) is 30.5 Å². The topological polar surface area (TPSA) is 67.6 Å². The van der Waals surface area contributed by atoms with E-state index >= 15 is 0 Å². The van der Waals surface area contributed by atoms with Gasteiger partial charge in [0.05, 0.1) is 25.5 Å². The van der Waals surface area contributed by atoms with Gasteiger partial charge < -0.3 is 14.7 Å². The molecular formula is C18H25N3O3. The first-order chi connectivity index (χ1) is 11.5. The molecule has 0 aliphatic rings. The monoisotopic (exact) mass is 331 g/mol. The van der Waals surface area contributed by atoms with Gasteiger partial charge in [-0.25, -0.2) is 0 Å². The molecule has 2 rings (SSSR count). The van der Waals surface area contributed by atoms with Gasteiger partial charge in [0.2, 0.25) is 0 Å². The van der Waals surface area contributed by atoms with Crippen molar-refractivity contribution in [2.24, 2.45) is 0 Å². The molecule has 1 aromatic heterocycles. The number of hydrogen-bond donors (Lipinski definition) is 1. The molecule has 1 heterocycles. The van der Waals surface area contributed by atoms with Crippen LogP contribution in [-0.4, -0.2) is 46.0 Å². The van der Waals surface area contributed by atoms with Crippen LogP contribution in [0, 0.1) is 6.92 Å². The van der Waals surface area contributed by atoms with E-state index in [4.69, 9.17) is 4.74 Å². The first kappa shape index (κ1) is 18.0. The summed E-state index contributed by atoms with van der Waals surface area (Å²) in [5.74, 6) is 0.585. The summed E-state index contributed by atoms with van der Waals surface area (Å²) in [5.41, 5.74) is 2.29. The van der Waals surface area contributed by atoms with Gasteiger partial charge in [0.1, 0.15) is 5.75 Å². The number of rotatable bonds is 7. The SMILES string of the molecule is COc1ccccc1CN(CCO)C(=O)c1cnn(C(C)C)c1C. The van der Waals surface area contributed by atoms with Crippen molar-refractivity contribution in [2.45, 2.75) is 33.4 Å². The van der Waals surface area contributed by atoms with Crippen LogP contribution in [0.2, 0.25) is 0 Å². The predicted octanol–water partition coefficient (Wildman–Crippen LogP) is 2.42. The number of methoxy groups -OCH3 is 1. The number of carbonyl (C=O) groups is 1. The Morgan fingerprint density at radius 1 is 1.38 bits per heavy atom. The smallest absolute Gasteiger partial charge is 0.257 e. The maximum atomic E-state index is 12.9. The maximum absolute atomic E-state index is 12.9. The molecule has 0 saturated heterocycles. The molecule has 0 radical (unpaired) electrons. The third-order valence-electron chi connectivity index (χ3n) is 3.98. The number of aliphatic hydroxyl groups is 1. The highest BCUT2D eigenvalue weighted by Gasteiger charge is 2.22. The summed E-state index contributed by atoms with van der Waals surface area (Å²) in [6, 6.07) is 7.76. The zero-order valence-corrected chi connectivity index (χ0v) is 14.7. The summed E-state index contributed by atoms with van der Waals surface area (Å²) < 4.78 is 7.18. The minimum absolute atomic E-state index is 0.0990.